The van der Waals surface area contributed by atoms with Crippen molar-refractivity contribution in [1.82, 2.24) is 0 Å². The molecule has 0 bridgehead atoms. The molecule has 106 heavy (non-hydrogen) atoms. The molecule has 5 heteroatoms. The number of pyridine rings is 5. The Kier molecular flexibility index (Phi) is 23.3. The van der Waals surface area contributed by atoms with Crippen LogP contribution in [0.3, 0.4) is 0 Å². The van der Waals surface area contributed by atoms with Crippen LogP contribution in [0.25, 0.3) is 110 Å². The van der Waals surface area contributed by atoms with E-state index >= 15 is 0 Å². The molecule has 5 nitrogen and oxygen atoms in total. The molecule has 0 spiro atoms. The van der Waals surface area contributed by atoms with Gasteiger partial charge in [-0.3, -0.25) is 0 Å². The quantitative estimate of drug-likeness (QED) is 0.142. The fraction of sp³-hybridized carbons (Fsp3) is 0.257. The molecule has 10 aromatic carbocycles. The fourth-order valence-corrected chi connectivity index (χ4v) is 15.6. The molecule has 5 aromatic heterocycles. The van der Waals surface area contributed by atoms with Crippen LogP contribution in [0.1, 0.15) is 134 Å². The Morgan fingerprint density at radius 1 is 0.236 bits per heavy atom. The SMILES string of the molecule is Cc1cc(C)c(C)c(-c2c3cc(C(C)C)ccc3cc[n+]2C)c1.Cc1cc(C)c(C)c(-c2c3ccc(C(C)C)cc3cc[n+]2C)c1.Cc1cc(C)c(C)c(-c2c3ccccc3cc[n+]2C)c1.Cc1cc(C)c(C)c(-c2ccc3c(C)cc(C)cc3[n+]2C)c1.Cc1ccccc1-c1c2ccccc2cc[n+]1C. The van der Waals surface area contributed by atoms with Crippen molar-refractivity contribution in [2.45, 2.75) is 143 Å². The van der Waals surface area contributed by atoms with E-state index in [0.29, 0.717) is 11.8 Å². The van der Waals surface area contributed by atoms with Gasteiger partial charge in [0.1, 0.15) is 35.2 Å². The lowest BCUT2D eigenvalue weighted by Gasteiger charge is -2.13. The van der Waals surface area contributed by atoms with Crippen LogP contribution in [0.15, 0.2) is 231 Å². The standard InChI is InChI=1S/2C22H26N.C21H24N.C19H20N.C17H16N/c1-14(2)18-7-8-20-19(13-18)9-10-23(6)22(20)21-12-15(3)11-16(4)17(21)5;1-14(2)19-8-7-18-9-10-23(6)22(21(18)13-19)20-12-15(3)11-16(4)17(20)5;1-13-9-15(3)17(5)19(11-13)20-8-7-18-16(4)10-14(2)12-21(18)22(20)6;1-13-11-14(2)15(3)18(12-13)19-17-8-6-5-7-16(17)9-10-20(19)4;1-13-7-3-5-9-15(13)17-16-10-6-4-8-14(16)11-12-18(17)2/h2*7-14H,1-6H3;7-12H,1-6H3;5-12H,1-4H3;3-12H,1-2H3/q5*+1. The number of rotatable bonds is 7. The van der Waals surface area contributed by atoms with Crippen molar-refractivity contribution in [3.05, 3.63) is 326 Å². The van der Waals surface area contributed by atoms with Crippen LogP contribution in [0.2, 0.25) is 0 Å². The minimum Gasteiger partial charge on any atom is -0.200 e. The Hall–Kier alpha value is -10.8. The molecular weight excluding hydrogens is 1280 g/mol. The van der Waals surface area contributed by atoms with Gasteiger partial charge in [-0.1, -0.05) is 159 Å². The molecule has 0 amide bonds. The smallest absolute Gasteiger partial charge is 0.200 e. The first-order valence-electron chi connectivity index (χ1n) is 37.9. The Labute approximate surface area is 633 Å². The molecule has 0 aliphatic rings. The highest BCUT2D eigenvalue weighted by atomic mass is 14.9. The summed E-state index contributed by atoms with van der Waals surface area (Å²) in [5.41, 5.74) is 37.4. The highest BCUT2D eigenvalue weighted by molar-refractivity contribution is 5.97. The maximum absolute atomic E-state index is 2.37. The number of aryl methyl sites for hydroxylation is 16. The number of aromatic nitrogens is 5. The average Bonchev–Trinajstić information content (AvgIpc) is 0.802. The zero-order chi connectivity index (χ0) is 76.3. The van der Waals surface area contributed by atoms with Crippen LogP contribution in [0.4, 0.5) is 0 Å². The second-order valence-corrected chi connectivity index (χ2v) is 30.9. The van der Waals surface area contributed by atoms with Crippen LogP contribution in [0.5, 0.6) is 0 Å². The van der Waals surface area contributed by atoms with Crippen LogP contribution < -0.4 is 22.8 Å². The van der Waals surface area contributed by atoms with E-state index in [2.05, 4.69) is 421 Å². The average molecular weight is 1400 g/mol. The van der Waals surface area contributed by atoms with Crippen molar-refractivity contribution >= 4 is 54.0 Å². The van der Waals surface area contributed by atoms with Gasteiger partial charge in [0.15, 0.2) is 24.8 Å². The van der Waals surface area contributed by atoms with E-state index in [4.69, 9.17) is 0 Å². The van der Waals surface area contributed by atoms with Crippen LogP contribution in [-0.2, 0) is 35.2 Å². The first-order chi connectivity index (χ1) is 50.5. The van der Waals surface area contributed by atoms with Crippen molar-refractivity contribution in [3.8, 4) is 56.3 Å². The highest BCUT2D eigenvalue weighted by Crippen LogP contribution is 2.37. The summed E-state index contributed by atoms with van der Waals surface area (Å²) in [6, 6.07) is 75.6. The number of fused-ring (bicyclic) bond motifs is 5. The van der Waals surface area contributed by atoms with E-state index in [1.807, 2.05) is 0 Å². The minimum absolute atomic E-state index is 0.540. The van der Waals surface area contributed by atoms with Gasteiger partial charge < -0.3 is 0 Å². The molecule has 0 saturated carbocycles. The monoisotopic (exact) mass is 1390 g/mol. The lowest BCUT2D eigenvalue weighted by atomic mass is 9.92. The molecule has 0 saturated heterocycles. The Morgan fingerprint density at radius 3 is 1.04 bits per heavy atom. The van der Waals surface area contributed by atoms with E-state index in [1.54, 1.807) is 0 Å². The molecule has 15 rings (SSSR count). The van der Waals surface area contributed by atoms with E-state index in [0.717, 1.165) is 0 Å². The predicted octanol–water partition coefficient (Wildman–Crippen LogP) is 23.5. The van der Waals surface area contributed by atoms with E-state index in [1.165, 1.54) is 205 Å². The van der Waals surface area contributed by atoms with Gasteiger partial charge in [-0.15, -0.1) is 0 Å². The third-order valence-corrected chi connectivity index (χ3v) is 22.1. The minimum atomic E-state index is 0.540. The summed E-state index contributed by atoms with van der Waals surface area (Å²) in [6.07, 6.45) is 8.63. The summed E-state index contributed by atoms with van der Waals surface area (Å²) in [5.74, 6) is 1.10. The number of benzene rings is 10. The molecule has 0 N–H and O–H groups in total. The lowest BCUT2D eigenvalue weighted by molar-refractivity contribution is -0.659. The van der Waals surface area contributed by atoms with E-state index < -0.39 is 0 Å². The molecule has 536 valence electrons. The Bertz CT molecular complexity index is 5840. The molecule has 5 heterocycles. The maximum Gasteiger partial charge on any atom is 0.220 e. The summed E-state index contributed by atoms with van der Waals surface area (Å²) in [6.45, 7) is 41.9. The van der Waals surface area contributed by atoms with Crippen molar-refractivity contribution in [2.24, 2.45) is 35.2 Å². The molecule has 0 unspecified atom stereocenters. The Morgan fingerprint density at radius 2 is 0.575 bits per heavy atom. The lowest BCUT2D eigenvalue weighted by Crippen LogP contribution is -2.32. The van der Waals surface area contributed by atoms with Gasteiger partial charge in [-0.05, 0) is 270 Å². The second-order valence-electron chi connectivity index (χ2n) is 30.9. The number of hydrogen-bond donors (Lipinski definition) is 0. The first-order valence-corrected chi connectivity index (χ1v) is 37.9. The van der Waals surface area contributed by atoms with E-state index in [9.17, 15) is 0 Å². The first kappa shape index (κ1) is 76.4. The Balaban J connectivity index is 0.000000133. The van der Waals surface area contributed by atoms with Gasteiger partial charge in [0, 0.05) is 52.9 Å². The van der Waals surface area contributed by atoms with Crippen molar-refractivity contribution in [2.75, 3.05) is 0 Å². The number of nitrogens with zero attached hydrogens (tertiary/aromatic N) is 5. The van der Waals surface area contributed by atoms with Gasteiger partial charge in [-0.2, -0.15) is 4.57 Å². The van der Waals surface area contributed by atoms with Crippen LogP contribution in [0, 0.1) is 104 Å². The van der Waals surface area contributed by atoms with Gasteiger partial charge >= 0.3 is 0 Å². The fourth-order valence-electron chi connectivity index (χ4n) is 15.6. The zero-order valence-corrected chi connectivity index (χ0v) is 67.8. The van der Waals surface area contributed by atoms with Crippen molar-refractivity contribution < 1.29 is 22.8 Å². The van der Waals surface area contributed by atoms with Gasteiger partial charge in [0.2, 0.25) is 34.0 Å². The summed E-state index contributed by atoms with van der Waals surface area (Å²) >= 11 is 0. The predicted molar refractivity (Wildman–Crippen MR) is 452 cm³/mol. The largest absolute Gasteiger partial charge is 0.220 e. The number of hydrogen-bond acceptors (Lipinski definition) is 0. The normalized spacial score (nSPS) is 11.2. The summed E-state index contributed by atoms with van der Waals surface area (Å²) in [5, 5.41) is 11.8. The van der Waals surface area contributed by atoms with Crippen molar-refractivity contribution in [1.29, 1.82) is 0 Å². The molecule has 15 aromatic rings. The third kappa shape index (κ3) is 16.2. The van der Waals surface area contributed by atoms with Crippen LogP contribution in [-0.4, -0.2) is 0 Å². The summed E-state index contributed by atoms with van der Waals surface area (Å²) < 4.78 is 11.3. The molecule has 0 fully saturated rings. The highest BCUT2D eigenvalue weighted by Gasteiger charge is 2.24. The zero-order valence-electron chi connectivity index (χ0n) is 67.8. The maximum atomic E-state index is 2.37. The van der Waals surface area contributed by atoms with Gasteiger partial charge in [-0.25, -0.2) is 18.3 Å². The van der Waals surface area contributed by atoms with Crippen LogP contribution >= 0.6 is 0 Å². The molecule has 0 aliphatic heterocycles. The molecule has 0 aliphatic carbocycles. The van der Waals surface area contributed by atoms with Gasteiger partial charge in [0.05, 0.1) is 38.2 Å². The topological polar surface area (TPSA) is 19.4 Å². The molecule has 0 atom stereocenters. The second kappa shape index (κ2) is 32.3. The molecule has 0 radical (unpaired) electrons. The summed E-state index contributed by atoms with van der Waals surface area (Å²) in [7, 11) is 10.7. The third-order valence-electron chi connectivity index (χ3n) is 22.1. The van der Waals surface area contributed by atoms with E-state index in [-0.39, 0.29) is 0 Å². The van der Waals surface area contributed by atoms with Gasteiger partial charge in [0.25, 0.3) is 0 Å². The van der Waals surface area contributed by atoms with Crippen molar-refractivity contribution in [3.63, 3.8) is 0 Å². The summed E-state index contributed by atoms with van der Waals surface area (Å²) in [4.78, 5) is 0. The molecular formula is C101H112N5+5.